The average Bonchev–Trinajstić information content (AvgIpc) is 3.31. The van der Waals surface area contributed by atoms with Crippen LogP contribution < -0.4 is 10.6 Å². The van der Waals surface area contributed by atoms with E-state index in [1.807, 2.05) is 79.0 Å². The van der Waals surface area contributed by atoms with Crippen LogP contribution in [-0.2, 0) is 4.79 Å². The quantitative estimate of drug-likeness (QED) is 0.182. The average molecular weight is 491 g/mol. The summed E-state index contributed by atoms with van der Waals surface area (Å²) in [6.45, 7) is 3.09. The molecule has 0 saturated heterocycles. The molecular weight excluding hydrogens is 460 g/mol. The van der Waals surface area contributed by atoms with Crippen LogP contribution >= 0.6 is 0 Å². The fourth-order valence-electron chi connectivity index (χ4n) is 4.43. The van der Waals surface area contributed by atoms with E-state index in [0.29, 0.717) is 5.56 Å². The summed E-state index contributed by atoms with van der Waals surface area (Å²) in [5.74, 6) is 0.0972. The van der Waals surface area contributed by atoms with E-state index in [0.717, 1.165) is 58.9 Å². The zero-order valence-electron chi connectivity index (χ0n) is 20.8. The maximum atomic E-state index is 11.8. The van der Waals surface area contributed by atoms with Crippen molar-refractivity contribution in [3.63, 3.8) is 0 Å². The van der Waals surface area contributed by atoms with Gasteiger partial charge in [-0.3, -0.25) is 4.40 Å². The largest absolute Gasteiger partial charge is 0.479 e. The Kier molecular flexibility index (Phi) is 7.17. The molecule has 2 heterocycles. The zero-order chi connectivity index (χ0) is 25.6. The number of hydrogen-bond donors (Lipinski definition) is 3. The van der Waals surface area contributed by atoms with Crippen LogP contribution in [0.1, 0.15) is 31.4 Å². The molecule has 3 aromatic carbocycles. The second-order valence-electron chi connectivity index (χ2n) is 9.00. The van der Waals surface area contributed by atoms with Crippen LogP contribution in [0.4, 0.5) is 11.5 Å². The Morgan fingerprint density at radius 1 is 0.865 bits per heavy atom. The van der Waals surface area contributed by atoms with Crippen molar-refractivity contribution in [1.29, 1.82) is 0 Å². The van der Waals surface area contributed by atoms with Crippen molar-refractivity contribution in [1.82, 2.24) is 9.38 Å². The highest BCUT2D eigenvalue weighted by Crippen LogP contribution is 2.31. The number of fused-ring (bicyclic) bond motifs is 1. The molecule has 0 radical (unpaired) electrons. The summed E-state index contributed by atoms with van der Waals surface area (Å²) >= 11 is 0. The fraction of sp³-hybridized carbons (Fsp3) is 0.161. The first-order chi connectivity index (χ1) is 18.1. The highest BCUT2D eigenvalue weighted by atomic mass is 16.4. The van der Waals surface area contributed by atoms with Crippen LogP contribution in [0, 0.1) is 0 Å². The first-order valence-electron chi connectivity index (χ1n) is 12.6. The minimum absolute atomic E-state index is 0.713. The molecular formula is C31H30N4O2. The molecule has 0 spiro atoms. The number of anilines is 2. The van der Waals surface area contributed by atoms with Gasteiger partial charge in [0.1, 0.15) is 17.2 Å². The van der Waals surface area contributed by atoms with E-state index in [1.54, 1.807) is 0 Å². The predicted molar refractivity (Wildman–Crippen MR) is 150 cm³/mol. The van der Waals surface area contributed by atoms with Gasteiger partial charge < -0.3 is 15.7 Å². The molecule has 6 nitrogen and oxygen atoms in total. The standard InChI is InChI=1S/C31H30N4O2/c1-2-3-20-32-30-28(34-27-11-7-8-21-35(27)30)25-14-12-22(13-15-25)23-16-18-26(19-17-23)33-29(31(36)37)24-9-5-4-6-10-24/h4-19,21,29,32-33H,2-3,20H2,1H3,(H,36,37). The van der Waals surface area contributed by atoms with E-state index in [1.165, 1.54) is 0 Å². The molecule has 1 atom stereocenters. The van der Waals surface area contributed by atoms with Crippen LogP contribution in [0.3, 0.4) is 0 Å². The number of imidazole rings is 1. The molecule has 0 bridgehead atoms. The van der Waals surface area contributed by atoms with Gasteiger partial charge in [0.25, 0.3) is 0 Å². The molecule has 186 valence electrons. The third kappa shape index (κ3) is 5.33. The highest BCUT2D eigenvalue weighted by Gasteiger charge is 2.19. The third-order valence-electron chi connectivity index (χ3n) is 6.42. The van der Waals surface area contributed by atoms with Crippen LogP contribution in [0.2, 0.25) is 0 Å². The lowest BCUT2D eigenvalue weighted by atomic mass is 10.0. The van der Waals surface area contributed by atoms with Crippen molar-refractivity contribution in [2.75, 3.05) is 17.2 Å². The Bertz CT molecular complexity index is 1480. The smallest absolute Gasteiger partial charge is 0.330 e. The van der Waals surface area contributed by atoms with E-state index in [2.05, 4.69) is 46.2 Å². The summed E-state index contributed by atoms with van der Waals surface area (Å²) < 4.78 is 2.10. The van der Waals surface area contributed by atoms with Crippen molar-refractivity contribution in [2.45, 2.75) is 25.8 Å². The lowest BCUT2D eigenvalue weighted by Gasteiger charge is -2.16. The van der Waals surface area contributed by atoms with Crippen LogP contribution in [0.15, 0.2) is 103 Å². The number of nitrogens with one attached hydrogen (secondary N) is 2. The fourth-order valence-corrected chi connectivity index (χ4v) is 4.43. The summed E-state index contributed by atoms with van der Waals surface area (Å²) in [7, 11) is 0. The van der Waals surface area contributed by atoms with Crippen molar-refractivity contribution in [3.8, 4) is 22.4 Å². The maximum Gasteiger partial charge on any atom is 0.330 e. The summed E-state index contributed by atoms with van der Waals surface area (Å²) in [4.78, 5) is 16.7. The molecule has 5 aromatic rings. The van der Waals surface area contributed by atoms with Crippen LogP contribution in [-0.4, -0.2) is 27.0 Å². The normalized spacial score (nSPS) is 11.8. The molecule has 3 N–H and O–H groups in total. The van der Waals surface area contributed by atoms with Gasteiger partial charge in [-0.15, -0.1) is 0 Å². The Labute approximate surface area is 216 Å². The number of unbranched alkanes of at least 4 members (excludes halogenated alkanes) is 1. The number of hydrogen-bond acceptors (Lipinski definition) is 4. The van der Waals surface area contributed by atoms with Crippen LogP contribution in [0.25, 0.3) is 28.0 Å². The molecule has 5 rings (SSSR count). The minimum Gasteiger partial charge on any atom is -0.479 e. The topological polar surface area (TPSA) is 78.7 Å². The van der Waals surface area contributed by atoms with Crippen molar-refractivity contribution in [3.05, 3.63) is 109 Å². The Morgan fingerprint density at radius 2 is 1.51 bits per heavy atom. The summed E-state index contributed by atoms with van der Waals surface area (Å²) in [5, 5.41) is 16.4. The molecule has 1 unspecified atom stereocenters. The highest BCUT2D eigenvalue weighted by molar-refractivity contribution is 5.80. The Hall–Kier alpha value is -4.58. The lowest BCUT2D eigenvalue weighted by molar-refractivity contribution is -0.138. The van der Waals surface area contributed by atoms with Gasteiger partial charge in [-0.25, -0.2) is 9.78 Å². The lowest BCUT2D eigenvalue weighted by Crippen LogP contribution is -2.20. The van der Waals surface area contributed by atoms with E-state index in [9.17, 15) is 9.90 Å². The third-order valence-corrected chi connectivity index (χ3v) is 6.42. The molecule has 37 heavy (non-hydrogen) atoms. The van der Waals surface area contributed by atoms with Gasteiger partial charge >= 0.3 is 5.97 Å². The Balaban J connectivity index is 1.36. The number of nitrogens with zero attached hydrogens (tertiary/aromatic N) is 2. The van der Waals surface area contributed by atoms with Gasteiger partial charge in [-0.2, -0.15) is 0 Å². The number of carbonyl (C=O) groups is 1. The second-order valence-corrected chi connectivity index (χ2v) is 9.00. The van der Waals surface area contributed by atoms with E-state index < -0.39 is 12.0 Å². The van der Waals surface area contributed by atoms with Crippen molar-refractivity contribution in [2.24, 2.45) is 0 Å². The first kappa shape index (κ1) is 24.1. The van der Waals surface area contributed by atoms with Gasteiger partial charge in [0, 0.05) is 24.0 Å². The van der Waals surface area contributed by atoms with E-state index in [4.69, 9.17) is 4.98 Å². The minimum atomic E-state index is -0.915. The number of benzene rings is 3. The van der Waals surface area contributed by atoms with E-state index in [-0.39, 0.29) is 0 Å². The molecule has 6 heteroatoms. The molecule has 0 aliphatic rings. The van der Waals surface area contributed by atoms with Gasteiger partial charge in [0.2, 0.25) is 0 Å². The predicted octanol–water partition coefficient (Wildman–Crippen LogP) is 7.12. The summed E-state index contributed by atoms with van der Waals surface area (Å²) in [6, 6.07) is 30.7. The molecule has 0 aliphatic carbocycles. The second kappa shape index (κ2) is 11.0. The number of pyridine rings is 1. The van der Waals surface area contributed by atoms with Crippen molar-refractivity contribution >= 4 is 23.1 Å². The van der Waals surface area contributed by atoms with Gasteiger partial charge in [0.15, 0.2) is 6.04 Å². The molecule has 0 saturated carbocycles. The van der Waals surface area contributed by atoms with E-state index >= 15 is 0 Å². The zero-order valence-corrected chi connectivity index (χ0v) is 20.8. The summed E-state index contributed by atoms with van der Waals surface area (Å²) in [6.07, 6.45) is 4.27. The van der Waals surface area contributed by atoms with Crippen LogP contribution in [0.5, 0.6) is 0 Å². The molecule has 2 aromatic heterocycles. The Morgan fingerprint density at radius 3 is 2.19 bits per heavy atom. The number of rotatable bonds is 10. The molecule has 0 amide bonds. The number of aromatic nitrogens is 2. The number of carboxylic acid groups (broad SMARTS) is 1. The van der Waals surface area contributed by atoms with Crippen molar-refractivity contribution < 1.29 is 9.90 Å². The van der Waals surface area contributed by atoms with Gasteiger partial charge in [-0.1, -0.05) is 86.1 Å². The number of carboxylic acids is 1. The van der Waals surface area contributed by atoms with Gasteiger partial charge in [-0.05, 0) is 47.4 Å². The maximum absolute atomic E-state index is 11.8. The monoisotopic (exact) mass is 490 g/mol. The SMILES string of the molecule is CCCCNc1c(-c2ccc(-c3ccc(NC(C(=O)O)c4ccccc4)cc3)cc2)nc2ccccn12. The molecule has 0 aliphatic heterocycles. The number of aliphatic carboxylic acids is 1. The molecule has 0 fully saturated rings. The van der Waals surface area contributed by atoms with Gasteiger partial charge in [0.05, 0.1) is 0 Å². The first-order valence-corrected chi connectivity index (χ1v) is 12.6. The summed E-state index contributed by atoms with van der Waals surface area (Å²) in [5.41, 5.74) is 6.51.